The molecule has 19 heavy (non-hydrogen) atoms. The van der Waals surface area contributed by atoms with Crippen molar-refractivity contribution in [2.45, 2.75) is 32.4 Å². The summed E-state index contributed by atoms with van der Waals surface area (Å²) in [5.74, 6) is -0.345. The molecular weight excluding hydrogens is 264 g/mol. The van der Waals surface area contributed by atoms with E-state index in [1.807, 2.05) is 6.55 Å². The lowest BCUT2D eigenvalue weighted by atomic mass is 10.4. The van der Waals surface area contributed by atoms with Crippen LogP contribution in [0.25, 0.3) is 0 Å². The Labute approximate surface area is 117 Å². The van der Waals surface area contributed by atoms with Crippen LogP contribution >= 0.6 is 0 Å². The van der Waals surface area contributed by atoms with Gasteiger partial charge in [0.15, 0.2) is 0 Å². The van der Waals surface area contributed by atoms with Crippen molar-refractivity contribution in [1.82, 2.24) is 0 Å². The molecule has 0 aromatic carbocycles. The summed E-state index contributed by atoms with van der Waals surface area (Å²) >= 11 is 0. The van der Waals surface area contributed by atoms with Gasteiger partial charge in [0, 0.05) is 39.4 Å². The van der Waals surface area contributed by atoms with E-state index in [9.17, 15) is 4.79 Å². The fourth-order valence-corrected chi connectivity index (χ4v) is 2.70. The van der Waals surface area contributed by atoms with Crippen molar-refractivity contribution in [3.05, 3.63) is 12.2 Å². The molecule has 0 saturated heterocycles. The van der Waals surface area contributed by atoms with Crippen molar-refractivity contribution in [3.63, 3.8) is 0 Å². The summed E-state index contributed by atoms with van der Waals surface area (Å²) in [5.41, 5.74) is 0.421. The molecule has 0 amide bonds. The molecule has 0 N–H and O–H groups in total. The smallest absolute Gasteiger partial charge is 0.334 e. The number of esters is 1. The first-order valence-electron chi connectivity index (χ1n) is 6.46. The van der Waals surface area contributed by atoms with Gasteiger partial charge in [0.1, 0.15) is 0 Å². The molecule has 0 aromatic heterocycles. The Kier molecular flexibility index (Phi) is 9.77. The Morgan fingerprint density at radius 3 is 2.21 bits per heavy atom. The van der Waals surface area contributed by atoms with Crippen molar-refractivity contribution < 1.29 is 23.1 Å². The first-order valence-corrected chi connectivity index (χ1v) is 8.98. The fraction of sp³-hybridized carbons (Fsp3) is 0.769. The SMILES string of the molecule is C=C(C)C(=O)OCCCOCCC[Si](C)(OC)OC. The zero-order valence-electron chi connectivity index (χ0n) is 12.5. The van der Waals surface area contributed by atoms with E-state index in [0.29, 0.717) is 31.8 Å². The largest absolute Gasteiger partial charge is 0.462 e. The van der Waals surface area contributed by atoms with Gasteiger partial charge in [-0.2, -0.15) is 0 Å². The van der Waals surface area contributed by atoms with Gasteiger partial charge in [0.05, 0.1) is 6.61 Å². The third kappa shape index (κ3) is 8.93. The molecular formula is C13H26O5Si. The van der Waals surface area contributed by atoms with E-state index in [1.54, 1.807) is 21.1 Å². The highest BCUT2D eigenvalue weighted by atomic mass is 28.4. The topological polar surface area (TPSA) is 54.0 Å². The second-order valence-electron chi connectivity index (χ2n) is 4.53. The molecule has 0 bridgehead atoms. The minimum Gasteiger partial charge on any atom is -0.462 e. The lowest BCUT2D eigenvalue weighted by Gasteiger charge is -2.22. The highest BCUT2D eigenvalue weighted by molar-refractivity contribution is 6.65. The van der Waals surface area contributed by atoms with Crippen LogP contribution in [0.15, 0.2) is 12.2 Å². The minimum atomic E-state index is -1.96. The second kappa shape index (κ2) is 10.1. The normalized spacial score (nSPS) is 11.4. The average Bonchev–Trinajstić information content (AvgIpc) is 2.41. The molecule has 0 aliphatic heterocycles. The molecule has 0 saturated carbocycles. The van der Waals surface area contributed by atoms with E-state index < -0.39 is 8.56 Å². The zero-order valence-corrected chi connectivity index (χ0v) is 13.5. The standard InChI is InChI=1S/C13H26O5Si/c1-12(2)13(14)18-10-6-8-17-9-7-11-19(5,15-3)16-4/h1,6-11H2,2-5H3. The van der Waals surface area contributed by atoms with Crippen LogP contribution in [0.2, 0.25) is 12.6 Å². The van der Waals surface area contributed by atoms with Crippen molar-refractivity contribution in [2.24, 2.45) is 0 Å². The quantitative estimate of drug-likeness (QED) is 0.253. The molecule has 112 valence electrons. The summed E-state index contributed by atoms with van der Waals surface area (Å²) in [4.78, 5) is 11.1. The maximum Gasteiger partial charge on any atom is 0.334 e. The molecule has 0 unspecified atom stereocenters. The summed E-state index contributed by atoms with van der Waals surface area (Å²) in [7, 11) is 1.41. The molecule has 0 atom stereocenters. The lowest BCUT2D eigenvalue weighted by Crippen LogP contribution is -2.36. The van der Waals surface area contributed by atoms with Crippen LogP contribution < -0.4 is 0 Å². The van der Waals surface area contributed by atoms with E-state index >= 15 is 0 Å². The maximum absolute atomic E-state index is 11.1. The Morgan fingerprint density at radius 1 is 1.11 bits per heavy atom. The first-order chi connectivity index (χ1) is 8.95. The monoisotopic (exact) mass is 290 g/mol. The van der Waals surface area contributed by atoms with Gasteiger partial charge in [-0.15, -0.1) is 0 Å². The second-order valence-corrected chi connectivity index (χ2v) is 8.11. The minimum absolute atomic E-state index is 0.345. The van der Waals surface area contributed by atoms with Crippen LogP contribution in [-0.2, 0) is 23.1 Å². The molecule has 0 aliphatic carbocycles. The number of carbonyl (C=O) groups is 1. The van der Waals surface area contributed by atoms with Crippen molar-refractivity contribution >= 4 is 14.5 Å². The zero-order chi connectivity index (χ0) is 14.7. The average molecular weight is 290 g/mol. The number of carbonyl (C=O) groups excluding carboxylic acids is 1. The Hall–Kier alpha value is -0.693. The van der Waals surface area contributed by atoms with Gasteiger partial charge in [0.25, 0.3) is 0 Å². The van der Waals surface area contributed by atoms with Crippen LogP contribution in [0.3, 0.4) is 0 Å². The summed E-state index contributed by atoms with van der Waals surface area (Å²) in [6.45, 7) is 8.79. The van der Waals surface area contributed by atoms with E-state index in [0.717, 1.165) is 12.5 Å². The molecule has 0 fully saturated rings. The van der Waals surface area contributed by atoms with Crippen LogP contribution in [-0.4, -0.2) is 48.6 Å². The first kappa shape index (κ1) is 18.3. The predicted octanol–water partition coefficient (Wildman–Crippen LogP) is 2.27. The molecule has 0 radical (unpaired) electrons. The number of rotatable bonds is 11. The maximum atomic E-state index is 11.1. The van der Waals surface area contributed by atoms with Gasteiger partial charge < -0.3 is 18.3 Å². The molecule has 6 heteroatoms. The van der Waals surface area contributed by atoms with Gasteiger partial charge in [0.2, 0.25) is 0 Å². The third-order valence-electron chi connectivity index (χ3n) is 2.80. The molecule has 0 aromatic rings. The molecule has 0 aliphatic rings. The van der Waals surface area contributed by atoms with Crippen LogP contribution in [0.5, 0.6) is 0 Å². The van der Waals surface area contributed by atoms with Crippen LogP contribution in [0.1, 0.15) is 19.8 Å². The Balaban J connectivity index is 3.42. The summed E-state index contributed by atoms with van der Waals surface area (Å²) in [6, 6.07) is 0.907. The summed E-state index contributed by atoms with van der Waals surface area (Å²) < 4.78 is 21.2. The van der Waals surface area contributed by atoms with Gasteiger partial charge in [-0.05, 0) is 25.9 Å². The number of hydrogen-bond acceptors (Lipinski definition) is 5. The highest BCUT2D eigenvalue weighted by Crippen LogP contribution is 2.13. The third-order valence-corrected chi connectivity index (χ3v) is 5.79. The van der Waals surface area contributed by atoms with Crippen LogP contribution in [0, 0.1) is 0 Å². The molecule has 5 nitrogen and oxygen atoms in total. The van der Waals surface area contributed by atoms with Crippen molar-refractivity contribution in [3.8, 4) is 0 Å². The van der Waals surface area contributed by atoms with Crippen molar-refractivity contribution in [2.75, 3.05) is 34.0 Å². The van der Waals surface area contributed by atoms with Gasteiger partial charge in [-0.1, -0.05) is 6.58 Å². The molecule has 0 heterocycles. The highest BCUT2D eigenvalue weighted by Gasteiger charge is 2.27. The van der Waals surface area contributed by atoms with Crippen molar-refractivity contribution in [1.29, 1.82) is 0 Å². The van der Waals surface area contributed by atoms with E-state index in [-0.39, 0.29) is 5.97 Å². The van der Waals surface area contributed by atoms with E-state index in [1.165, 1.54) is 0 Å². The Morgan fingerprint density at radius 2 is 1.68 bits per heavy atom. The summed E-state index contributed by atoms with van der Waals surface area (Å²) in [5, 5.41) is 0. The van der Waals surface area contributed by atoms with Gasteiger partial charge >= 0.3 is 14.5 Å². The fourth-order valence-electron chi connectivity index (χ4n) is 1.33. The van der Waals surface area contributed by atoms with Gasteiger partial charge in [-0.25, -0.2) is 4.79 Å². The molecule has 0 rings (SSSR count). The number of ether oxygens (including phenoxy) is 2. The van der Waals surface area contributed by atoms with Crippen LogP contribution in [0.4, 0.5) is 0 Å². The summed E-state index contributed by atoms with van der Waals surface area (Å²) in [6.07, 6.45) is 1.61. The number of hydrogen-bond donors (Lipinski definition) is 0. The van der Waals surface area contributed by atoms with E-state index in [4.69, 9.17) is 18.3 Å². The predicted molar refractivity (Wildman–Crippen MR) is 76.3 cm³/mol. The lowest BCUT2D eigenvalue weighted by molar-refractivity contribution is -0.139. The Bertz CT molecular complexity index is 276. The molecule has 0 spiro atoms. The van der Waals surface area contributed by atoms with Gasteiger partial charge in [-0.3, -0.25) is 0 Å². The van der Waals surface area contributed by atoms with E-state index in [2.05, 4.69) is 6.58 Å².